The van der Waals surface area contributed by atoms with Gasteiger partial charge in [-0.2, -0.15) is 0 Å². The lowest BCUT2D eigenvalue weighted by Gasteiger charge is -2.22. The van der Waals surface area contributed by atoms with Gasteiger partial charge in [-0.15, -0.1) is 0 Å². The molecule has 0 spiro atoms. The third-order valence-corrected chi connectivity index (χ3v) is 3.67. The fourth-order valence-electron chi connectivity index (χ4n) is 2.68. The summed E-state index contributed by atoms with van der Waals surface area (Å²) in [5, 5.41) is 12.6. The Morgan fingerprint density at radius 2 is 2.12 bits per heavy atom. The molecule has 17 heavy (non-hydrogen) atoms. The first-order valence-corrected chi connectivity index (χ1v) is 6.47. The highest BCUT2D eigenvalue weighted by Crippen LogP contribution is 2.37. The first-order valence-electron chi connectivity index (χ1n) is 6.47. The van der Waals surface area contributed by atoms with Crippen molar-refractivity contribution in [1.82, 2.24) is 5.32 Å². The lowest BCUT2D eigenvalue weighted by Crippen LogP contribution is -2.32. The summed E-state index contributed by atoms with van der Waals surface area (Å²) in [4.78, 5) is 0. The maximum Gasteiger partial charge on any atom is 0.0445 e. The molecule has 0 saturated carbocycles. The quantitative estimate of drug-likeness (QED) is 0.729. The molecular weight excluding hydrogens is 212 g/mol. The number of rotatable bonds is 5. The summed E-state index contributed by atoms with van der Waals surface area (Å²) in [6, 6.07) is 9.27. The molecule has 1 aliphatic rings. The van der Waals surface area contributed by atoms with Gasteiger partial charge in [0.1, 0.15) is 0 Å². The fourth-order valence-corrected chi connectivity index (χ4v) is 2.68. The molecule has 4 N–H and O–H groups in total. The number of nitrogens with two attached hydrogens (primary N) is 1. The molecule has 1 aromatic carbocycles. The molecule has 3 heteroatoms. The van der Waals surface area contributed by atoms with Crippen molar-refractivity contribution in [1.29, 1.82) is 0 Å². The second kappa shape index (κ2) is 5.63. The number of nitrogens with one attached hydrogen (secondary N) is 1. The molecule has 0 saturated heterocycles. The molecule has 94 valence electrons. The number of hydrogen-bond donors (Lipinski definition) is 3. The minimum atomic E-state index is 0.148. The predicted octanol–water partition coefficient (Wildman–Crippen LogP) is 1.88. The van der Waals surface area contributed by atoms with Gasteiger partial charge in [0, 0.05) is 24.7 Å². The molecule has 2 rings (SSSR count). The zero-order chi connectivity index (χ0) is 12.3. The minimum Gasteiger partial charge on any atom is -0.396 e. The molecule has 0 amide bonds. The maximum atomic E-state index is 9.02. The van der Waals surface area contributed by atoms with Crippen LogP contribution in [0.1, 0.15) is 49.4 Å². The van der Waals surface area contributed by atoms with E-state index in [0.29, 0.717) is 12.1 Å². The van der Waals surface area contributed by atoms with Crippen LogP contribution in [0.4, 0.5) is 0 Å². The van der Waals surface area contributed by atoms with E-state index < -0.39 is 0 Å². The average Bonchev–Trinajstić information content (AvgIpc) is 2.66. The first kappa shape index (κ1) is 12.6. The Morgan fingerprint density at radius 1 is 1.41 bits per heavy atom. The molecule has 3 atom stereocenters. The molecule has 1 aliphatic carbocycles. The van der Waals surface area contributed by atoms with E-state index in [0.717, 1.165) is 19.3 Å². The summed E-state index contributed by atoms with van der Waals surface area (Å²) in [6.45, 7) is 2.39. The topological polar surface area (TPSA) is 58.3 Å². The Bertz CT molecular complexity index is 367. The molecule has 1 aromatic rings. The van der Waals surface area contributed by atoms with Gasteiger partial charge in [-0.3, -0.25) is 0 Å². The van der Waals surface area contributed by atoms with Crippen LogP contribution in [-0.4, -0.2) is 17.8 Å². The monoisotopic (exact) mass is 234 g/mol. The third-order valence-electron chi connectivity index (χ3n) is 3.67. The molecule has 0 heterocycles. The Labute approximate surface area is 103 Å². The molecule has 3 unspecified atom stereocenters. The summed E-state index contributed by atoms with van der Waals surface area (Å²) in [6.07, 6.45) is 2.81. The molecule has 0 bridgehead atoms. The fraction of sp³-hybridized carbons (Fsp3) is 0.571. The van der Waals surface area contributed by atoms with Crippen LogP contribution < -0.4 is 11.1 Å². The van der Waals surface area contributed by atoms with Crippen LogP contribution in [-0.2, 0) is 0 Å². The summed E-state index contributed by atoms with van der Waals surface area (Å²) >= 11 is 0. The second-order valence-corrected chi connectivity index (χ2v) is 4.81. The lowest BCUT2D eigenvalue weighted by molar-refractivity contribution is 0.254. The molecule has 0 aromatic heterocycles. The van der Waals surface area contributed by atoms with E-state index in [4.69, 9.17) is 10.8 Å². The van der Waals surface area contributed by atoms with Crippen LogP contribution in [0.15, 0.2) is 24.3 Å². The Kier molecular flexibility index (Phi) is 4.15. The summed E-state index contributed by atoms with van der Waals surface area (Å²) in [5.74, 6) is 0. The summed E-state index contributed by atoms with van der Waals surface area (Å²) in [7, 11) is 0. The number of aliphatic hydroxyl groups excluding tert-OH is 1. The standard InChI is InChI=1S/C14H22N2O/c1-2-10(7-8-17)16-14-9-13(15)11-5-3-4-6-12(11)14/h3-6,10,13-14,16-17H,2,7-9,15H2,1H3. The number of hydrogen-bond acceptors (Lipinski definition) is 3. The van der Waals surface area contributed by atoms with E-state index in [-0.39, 0.29) is 12.6 Å². The highest BCUT2D eigenvalue weighted by atomic mass is 16.3. The molecule has 0 aliphatic heterocycles. The van der Waals surface area contributed by atoms with Crippen molar-refractivity contribution in [3.05, 3.63) is 35.4 Å². The number of benzene rings is 1. The first-order chi connectivity index (χ1) is 8.26. The van der Waals surface area contributed by atoms with Crippen molar-refractivity contribution in [2.45, 2.75) is 44.3 Å². The van der Waals surface area contributed by atoms with E-state index in [9.17, 15) is 0 Å². The predicted molar refractivity (Wildman–Crippen MR) is 69.6 cm³/mol. The third kappa shape index (κ3) is 2.68. The zero-order valence-electron chi connectivity index (χ0n) is 10.4. The van der Waals surface area contributed by atoms with E-state index in [1.807, 2.05) is 6.07 Å². The molecular formula is C14H22N2O. The smallest absolute Gasteiger partial charge is 0.0445 e. The molecule has 3 nitrogen and oxygen atoms in total. The van der Waals surface area contributed by atoms with Crippen molar-refractivity contribution in [3.8, 4) is 0 Å². The van der Waals surface area contributed by atoms with Gasteiger partial charge in [-0.25, -0.2) is 0 Å². The SMILES string of the molecule is CCC(CCO)NC1CC(N)c2ccccc21. The van der Waals surface area contributed by atoms with E-state index in [1.165, 1.54) is 11.1 Å². The van der Waals surface area contributed by atoms with Crippen molar-refractivity contribution >= 4 is 0 Å². The van der Waals surface area contributed by atoms with Gasteiger partial charge in [0.25, 0.3) is 0 Å². The van der Waals surface area contributed by atoms with Gasteiger partial charge in [0.2, 0.25) is 0 Å². The minimum absolute atomic E-state index is 0.148. The van der Waals surface area contributed by atoms with Crippen LogP contribution in [0, 0.1) is 0 Å². The van der Waals surface area contributed by atoms with Crippen LogP contribution in [0.3, 0.4) is 0 Å². The van der Waals surface area contributed by atoms with Gasteiger partial charge in [-0.1, -0.05) is 31.2 Å². The Hall–Kier alpha value is -0.900. The Morgan fingerprint density at radius 3 is 2.76 bits per heavy atom. The lowest BCUT2D eigenvalue weighted by atomic mass is 10.1. The van der Waals surface area contributed by atoms with Crippen LogP contribution >= 0.6 is 0 Å². The molecule has 0 radical (unpaired) electrons. The highest BCUT2D eigenvalue weighted by Gasteiger charge is 2.28. The van der Waals surface area contributed by atoms with Gasteiger partial charge in [0.05, 0.1) is 0 Å². The van der Waals surface area contributed by atoms with Crippen LogP contribution in [0.2, 0.25) is 0 Å². The highest BCUT2D eigenvalue weighted by molar-refractivity contribution is 5.37. The van der Waals surface area contributed by atoms with Crippen molar-refractivity contribution in [3.63, 3.8) is 0 Å². The Balaban J connectivity index is 2.09. The number of fused-ring (bicyclic) bond motifs is 1. The van der Waals surface area contributed by atoms with Gasteiger partial charge >= 0.3 is 0 Å². The normalized spacial score (nSPS) is 24.6. The summed E-state index contributed by atoms with van der Waals surface area (Å²) in [5.41, 5.74) is 8.74. The average molecular weight is 234 g/mol. The van der Waals surface area contributed by atoms with Crippen LogP contribution in [0.5, 0.6) is 0 Å². The molecule has 0 fully saturated rings. The van der Waals surface area contributed by atoms with Crippen molar-refractivity contribution in [2.75, 3.05) is 6.61 Å². The van der Waals surface area contributed by atoms with Gasteiger partial charge in [0.15, 0.2) is 0 Å². The van der Waals surface area contributed by atoms with Crippen molar-refractivity contribution in [2.24, 2.45) is 5.73 Å². The van der Waals surface area contributed by atoms with E-state index >= 15 is 0 Å². The zero-order valence-corrected chi connectivity index (χ0v) is 10.4. The largest absolute Gasteiger partial charge is 0.396 e. The second-order valence-electron chi connectivity index (χ2n) is 4.81. The van der Waals surface area contributed by atoms with E-state index in [2.05, 4.69) is 30.4 Å². The van der Waals surface area contributed by atoms with Crippen LogP contribution in [0.25, 0.3) is 0 Å². The maximum absolute atomic E-state index is 9.02. The van der Waals surface area contributed by atoms with E-state index in [1.54, 1.807) is 0 Å². The summed E-state index contributed by atoms with van der Waals surface area (Å²) < 4.78 is 0. The van der Waals surface area contributed by atoms with Gasteiger partial charge < -0.3 is 16.2 Å². The van der Waals surface area contributed by atoms with Crippen molar-refractivity contribution < 1.29 is 5.11 Å². The van der Waals surface area contributed by atoms with Gasteiger partial charge in [-0.05, 0) is 30.4 Å². The number of aliphatic hydroxyl groups is 1.